The SMILES string of the molecule is O=c1[nH]c(Nc2ccc(Cl)cc2)c(/C=C2/C=NN=C2c2cccc([N+](=O)[O-])c2)s1. The number of hydrogen-bond donors (Lipinski definition) is 2. The fourth-order valence-corrected chi connectivity index (χ4v) is 3.59. The van der Waals surface area contributed by atoms with Gasteiger partial charge in [-0.3, -0.25) is 19.9 Å². The monoisotopic (exact) mass is 425 g/mol. The minimum atomic E-state index is -0.463. The van der Waals surface area contributed by atoms with Gasteiger partial charge in [0.2, 0.25) is 0 Å². The van der Waals surface area contributed by atoms with Crippen molar-refractivity contribution in [3.05, 3.63) is 89.3 Å². The first-order valence-corrected chi connectivity index (χ1v) is 9.53. The number of non-ortho nitro benzene ring substituents is 1. The van der Waals surface area contributed by atoms with Gasteiger partial charge in [0.1, 0.15) is 11.5 Å². The molecule has 144 valence electrons. The largest absolute Gasteiger partial charge is 0.341 e. The Bertz CT molecular complexity index is 1240. The number of benzene rings is 2. The molecule has 3 aromatic rings. The predicted octanol–water partition coefficient (Wildman–Crippen LogP) is 4.61. The van der Waals surface area contributed by atoms with Crippen molar-refractivity contribution in [2.75, 3.05) is 5.32 Å². The predicted molar refractivity (Wildman–Crippen MR) is 116 cm³/mol. The molecule has 0 atom stereocenters. The van der Waals surface area contributed by atoms with Crippen molar-refractivity contribution in [2.45, 2.75) is 0 Å². The number of aromatic nitrogens is 1. The Hall–Kier alpha value is -3.56. The van der Waals surface area contributed by atoms with Crippen molar-refractivity contribution in [3.8, 4) is 0 Å². The molecule has 0 fully saturated rings. The second-order valence-corrected chi connectivity index (χ2v) is 7.44. The number of rotatable bonds is 5. The van der Waals surface area contributed by atoms with Crippen LogP contribution >= 0.6 is 22.9 Å². The molecule has 8 nitrogen and oxygen atoms in total. The lowest BCUT2D eigenvalue weighted by Gasteiger charge is -2.06. The summed E-state index contributed by atoms with van der Waals surface area (Å²) in [4.78, 5) is 25.7. The van der Waals surface area contributed by atoms with Crippen molar-refractivity contribution in [1.29, 1.82) is 0 Å². The van der Waals surface area contributed by atoms with E-state index >= 15 is 0 Å². The number of thiazole rings is 1. The van der Waals surface area contributed by atoms with Crippen LogP contribution in [0.2, 0.25) is 5.02 Å². The number of allylic oxidation sites excluding steroid dienone is 1. The molecule has 0 unspecified atom stereocenters. The van der Waals surface area contributed by atoms with Gasteiger partial charge in [0.15, 0.2) is 0 Å². The fourth-order valence-electron chi connectivity index (χ4n) is 2.72. The molecule has 4 rings (SSSR count). The lowest BCUT2D eigenvalue weighted by molar-refractivity contribution is -0.384. The van der Waals surface area contributed by atoms with E-state index in [2.05, 4.69) is 20.5 Å². The molecule has 0 saturated heterocycles. The number of H-pyrrole nitrogens is 1. The number of hydrogen-bond acceptors (Lipinski definition) is 7. The van der Waals surface area contributed by atoms with E-state index in [4.69, 9.17) is 11.6 Å². The number of nitrogens with zero attached hydrogens (tertiary/aromatic N) is 3. The summed E-state index contributed by atoms with van der Waals surface area (Å²) in [6.07, 6.45) is 3.30. The normalized spacial score (nSPS) is 14.2. The number of nitrogens with one attached hydrogen (secondary N) is 2. The van der Waals surface area contributed by atoms with Gasteiger partial charge < -0.3 is 5.32 Å². The van der Waals surface area contributed by atoms with Crippen molar-refractivity contribution in [2.24, 2.45) is 10.2 Å². The van der Waals surface area contributed by atoms with E-state index in [0.717, 1.165) is 17.0 Å². The average molecular weight is 426 g/mol. The summed E-state index contributed by atoms with van der Waals surface area (Å²) in [5.74, 6) is 0.522. The lowest BCUT2D eigenvalue weighted by atomic mass is 10.0. The summed E-state index contributed by atoms with van der Waals surface area (Å²) in [6.45, 7) is 0. The van der Waals surface area contributed by atoms with E-state index in [0.29, 0.717) is 32.6 Å². The van der Waals surface area contributed by atoms with Crippen LogP contribution in [0.15, 0.2) is 69.1 Å². The second kappa shape index (κ2) is 7.82. The standard InChI is InChI=1S/C19H12ClN5O3S/c20-13-4-6-14(7-5-13)22-18-16(29-19(26)23-18)9-12-10-21-24-17(12)11-2-1-3-15(8-11)25(27)28/h1-10,22H,(H,23,26)/b12-9-. The van der Waals surface area contributed by atoms with Gasteiger partial charge in [0.25, 0.3) is 5.69 Å². The molecule has 0 radical (unpaired) electrons. The van der Waals surface area contributed by atoms with Crippen molar-refractivity contribution in [1.82, 2.24) is 4.98 Å². The van der Waals surface area contributed by atoms with Crippen molar-refractivity contribution in [3.63, 3.8) is 0 Å². The molecule has 0 amide bonds. The highest BCUT2D eigenvalue weighted by Crippen LogP contribution is 2.26. The molecule has 0 saturated carbocycles. The minimum Gasteiger partial charge on any atom is -0.341 e. The quantitative estimate of drug-likeness (QED) is 0.458. The Morgan fingerprint density at radius 1 is 1.21 bits per heavy atom. The van der Waals surface area contributed by atoms with E-state index in [1.54, 1.807) is 48.7 Å². The van der Waals surface area contributed by atoms with Gasteiger partial charge in [-0.15, -0.1) is 5.10 Å². The zero-order valence-corrected chi connectivity index (χ0v) is 16.2. The first kappa shape index (κ1) is 18.8. The van der Waals surface area contributed by atoms with Gasteiger partial charge in [0, 0.05) is 34.0 Å². The first-order chi connectivity index (χ1) is 14.0. The van der Waals surface area contributed by atoms with Crippen LogP contribution in [0.25, 0.3) is 6.08 Å². The summed E-state index contributed by atoms with van der Waals surface area (Å²) in [5.41, 5.74) is 2.42. The van der Waals surface area contributed by atoms with Gasteiger partial charge in [-0.05, 0) is 30.3 Å². The van der Waals surface area contributed by atoms with Gasteiger partial charge in [-0.2, -0.15) is 5.10 Å². The number of nitro groups is 1. The van der Waals surface area contributed by atoms with Crippen LogP contribution in [0, 0.1) is 10.1 Å². The highest BCUT2D eigenvalue weighted by atomic mass is 35.5. The number of aromatic amines is 1. The van der Waals surface area contributed by atoms with E-state index in [1.807, 2.05) is 0 Å². The maximum Gasteiger partial charge on any atom is 0.306 e. The Labute approximate surface area is 173 Å². The van der Waals surface area contributed by atoms with E-state index < -0.39 is 4.92 Å². The summed E-state index contributed by atoms with van der Waals surface area (Å²) in [7, 11) is 0. The minimum absolute atomic E-state index is 0.0344. The first-order valence-electron chi connectivity index (χ1n) is 8.33. The third kappa shape index (κ3) is 4.15. The summed E-state index contributed by atoms with van der Waals surface area (Å²) in [5, 5.41) is 22.8. The molecule has 0 aliphatic carbocycles. The smallest absolute Gasteiger partial charge is 0.306 e. The Morgan fingerprint density at radius 2 is 2.00 bits per heavy atom. The third-order valence-corrected chi connectivity index (χ3v) is 5.12. The molecule has 2 heterocycles. The van der Waals surface area contributed by atoms with Gasteiger partial charge in [0.05, 0.1) is 16.0 Å². The van der Waals surface area contributed by atoms with Crippen LogP contribution in [0.3, 0.4) is 0 Å². The fraction of sp³-hybridized carbons (Fsp3) is 0. The molecule has 2 N–H and O–H groups in total. The molecule has 0 bridgehead atoms. The molecule has 0 spiro atoms. The Kier molecular flexibility index (Phi) is 5.07. The zero-order valence-electron chi connectivity index (χ0n) is 14.6. The highest BCUT2D eigenvalue weighted by Gasteiger charge is 2.18. The van der Waals surface area contributed by atoms with E-state index in [9.17, 15) is 14.9 Å². The van der Waals surface area contributed by atoms with Crippen molar-refractivity contribution < 1.29 is 4.92 Å². The zero-order chi connectivity index (χ0) is 20.4. The summed E-state index contributed by atoms with van der Waals surface area (Å²) >= 11 is 6.93. The van der Waals surface area contributed by atoms with Crippen LogP contribution < -0.4 is 10.2 Å². The molecule has 2 aromatic carbocycles. The Morgan fingerprint density at radius 3 is 2.76 bits per heavy atom. The van der Waals surface area contributed by atoms with Crippen LogP contribution in [-0.2, 0) is 0 Å². The summed E-state index contributed by atoms with van der Waals surface area (Å²) in [6, 6.07) is 13.2. The highest BCUT2D eigenvalue weighted by molar-refractivity contribution is 7.10. The maximum absolute atomic E-state index is 11.9. The van der Waals surface area contributed by atoms with Crippen LogP contribution in [0.1, 0.15) is 10.4 Å². The van der Waals surface area contributed by atoms with E-state index in [-0.39, 0.29) is 10.6 Å². The molecular weight excluding hydrogens is 414 g/mol. The van der Waals surface area contributed by atoms with Gasteiger partial charge in [-0.1, -0.05) is 35.1 Å². The third-order valence-electron chi connectivity index (χ3n) is 4.03. The molecule has 10 heteroatoms. The second-order valence-electron chi connectivity index (χ2n) is 5.99. The van der Waals surface area contributed by atoms with Crippen molar-refractivity contribution >= 4 is 58.1 Å². The molecule has 29 heavy (non-hydrogen) atoms. The average Bonchev–Trinajstić information content (AvgIpc) is 3.30. The number of halogens is 1. The number of anilines is 2. The van der Waals surface area contributed by atoms with Gasteiger partial charge in [-0.25, -0.2) is 0 Å². The van der Waals surface area contributed by atoms with Gasteiger partial charge >= 0.3 is 4.87 Å². The van der Waals surface area contributed by atoms with Crippen LogP contribution in [0.4, 0.5) is 17.2 Å². The molecule has 1 aliphatic rings. The van der Waals surface area contributed by atoms with Crippen LogP contribution in [0.5, 0.6) is 0 Å². The topological polar surface area (TPSA) is 113 Å². The maximum atomic E-state index is 11.9. The Balaban J connectivity index is 1.67. The molecule has 1 aliphatic heterocycles. The lowest BCUT2D eigenvalue weighted by Crippen LogP contribution is -2.03. The van der Waals surface area contributed by atoms with E-state index in [1.165, 1.54) is 12.1 Å². The molecular formula is C19H12ClN5O3S. The molecule has 1 aromatic heterocycles. The number of nitro benzene ring substituents is 1. The summed E-state index contributed by atoms with van der Waals surface area (Å²) < 4.78 is 0. The van der Waals surface area contributed by atoms with Crippen LogP contribution in [-0.4, -0.2) is 21.8 Å².